The fourth-order valence-electron chi connectivity index (χ4n) is 3.12. The molecular weight excluding hydrogens is 319 g/mol. The fourth-order valence-corrected chi connectivity index (χ4v) is 3.12. The number of nitrogens with one attached hydrogen (secondary N) is 2. The van der Waals surface area contributed by atoms with Gasteiger partial charge in [-0.25, -0.2) is 4.39 Å². The molecule has 1 aliphatic rings. The predicted octanol–water partition coefficient (Wildman–Crippen LogP) is 2.65. The summed E-state index contributed by atoms with van der Waals surface area (Å²) in [6.07, 6.45) is 4.07. The highest BCUT2D eigenvalue weighted by Gasteiger charge is 2.23. The maximum absolute atomic E-state index is 13.1. The second-order valence-corrected chi connectivity index (χ2v) is 7.25. The summed E-state index contributed by atoms with van der Waals surface area (Å²) in [7, 11) is 0. The number of carbonyl (C=O) groups excluding carboxylic acids is 1. The van der Waals surface area contributed by atoms with Crippen LogP contribution in [0.2, 0.25) is 0 Å². The van der Waals surface area contributed by atoms with Gasteiger partial charge in [-0.2, -0.15) is 5.10 Å². The molecule has 0 spiro atoms. The minimum atomic E-state index is -0.292. The Morgan fingerprint density at radius 1 is 1.36 bits per heavy atom. The van der Waals surface area contributed by atoms with Gasteiger partial charge in [0.05, 0.1) is 6.04 Å². The van der Waals surface area contributed by atoms with Crippen LogP contribution in [0.25, 0.3) is 0 Å². The lowest BCUT2D eigenvalue weighted by molar-refractivity contribution is 0.0939. The van der Waals surface area contributed by atoms with Gasteiger partial charge in [0.15, 0.2) is 0 Å². The molecule has 134 valence electrons. The van der Waals surface area contributed by atoms with Gasteiger partial charge in [0.1, 0.15) is 11.5 Å². The molecule has 2 N–H and O–H groups in total. The Morgan fingerprint density at radius 2 is 2.12 bits per heavy atom. The van der Waals surface area contributed by atoms with Crippen LogP contribution < -0.4 is 10.6 Å². The molecule has 0 bridgehead atoms. The van der Waals surface area contributed by atoms with Crippen LogP contribution in [0.15, 0.2) is 36.5 Å². The molecule has 1 fully saturated rings. The molecule has 1 amide bonds. The molecule has 1 saturated heterocycles. The molecule has 1 aromatic heterocycles. The molecule has 0 saturated carbocycles. The topological polar surface area (TPSA) is 59.0 Å². The van der Waals surface area contributed by atoms with Gasteiger partial charge >= 0.3 is 0 Å². The number of amides is 1. The monoisotopic (exact) mass is 344 g/mol. The Bertz CT molecular complexity index is 717. The lowest BCUT2D eigenvalue weighted by atomic mass is 9.84. The molecule has 1 atom stereocenters. The van der Waals surface area contributed by atoms with Crippen molar-refractivity contribution in [3.05, 3.63) is 53.6 Å². The van der Waals surface area contributed by atoms with Crippen molar-refractivity contribution in [3.8, 4) is 0 Å². The maximum atomic E-state index is 13.1. The molecule has 6 heteroatoms. The molecule has 25 heavy (non-hydrogen) atoms. The Kier molecular flexibility index (Phi) is 5.18. The molecule has 2 heterocycles. The van der Waals surface area contributed by atoms with Gasteiger partial charge in [-0.1, -0.05) is 26.0 Å². The number of hydrogen-bond acceptors (Lipinski definition) is 3. The zero-order valence-electron chi connectivity index (χ0n) is 14.8. The van der Waals surface area contributed by atoms with E-state index < -0.39 is 0 Å². The number of piperidine rings is 1. The van der Waals surface area contributed by atoms with Gasteiger partial charge in [0.25, 0.3) is 5.91 Å². The third kappa shape index (κ3) is 4.25. The maximum Gasteiger partial charge on any atom is 0.271 e. The van der Waals surface area contributed by atoms with Crippen molar-refractivity contribution in [3.63, 3.8) is 0 Å². The summed E-state index contributed by atoms with van der Waals surface area (Å²) in [6.45, 7) is 6.43. The Balaban J connectivity index is 1.60. The zero-order chi connectivity index (χ0) is 17.9. The largest absolute Gasteiger partial charge is 0.350 e. The molecule has 1 aromatic carbocycles. The minimum absolute atomic E-state index is 0.183. The van der Waals surface area contributed by atoms with E-state index in [1.165, 1.54) is 12.1 Å². The second kappa shape index (κ2) is 7.35. The molecule has 0 aliphatic carbocycles. The lowest BCUT2D eigenvalue weighted by Gasteiger charge is -2.25. The van der Waals surface area contributed by atoms with E-state index in [-0.39, 0.29) is 17.1 Å². The van der Waals surface area contributed by atoms with Gasteiger partial charge in [-0.15, -0.1) is 0 Å². The summed E-state index contributed by atoms with van der Waals surface area (Å²) in [5, 5.41) is 10.7. The van der Waals surface area contributed by atoms with Crippen LogP contribution in [0.1, 0.15) is 48.8 Å². The Morgan fingerprint density at radius 3 is 2.80 bits per heavy atom. The van der Waals surface area contributed by atoms with Crippen LogP contribution in [-0.4, -0.2) is 35.3 Å². The number of hydrogen-bond donors (Lipinski definition) is 2. The standard InChI is InChI=1S/C19H25FN4O/c1-19(2,14-5-7-15(20)8-6-14)13-22-18(25)17-9-11-24(23-17)16-4-3-10-21-12-16/h5-9,11,16,21H,3-4,10,12-13H2,1-2H3,(H,22,25). The van der Waals surface area contributed by atoms with Crippen molar-refractivity contribution in [2.45, 2.75) is 38.1 Å². The molecule has 5 nitrogen and oxygen atoms in total. The fraction of sp³-hybridized carbons (Fsp3) is 0.474. The Labute approximate surface area is 147 Å². The van der Waals surface area contributed by atoms with E-state index in [4.69, 9.17) is 0 Å². The summed E-state index contributed by atoms with van der Waals surface area (Å²) in [4.78, 5) is 12.4. The molecule has 3 rings (SSSR count). The smallest absolute Gasteiger partial charge is 0.271 e. The third-order valence-electron chi connectivity index (χ3n) is 4.80. The van der Waals surface area contributed by atoms with E-state index in [9.17, 15) is 9.18 Å². The first-order chi connectivity index (χ1) is 12.0. The van der Waals surface area contributed by atoms with Crippen LogP contribution in [0.3, 0.4) is 0 Å². The highest BCUT2D eigenvalue weighted by Crippen LogP contribution is 2.22. The number of halogens is 1. The van der Waals surface area contributed by atoms with Gasteiger partial charge in [-0.05, 0) is 43.1 Å². The van der Waals surface area contributed by atoms with E-state index in [0.717, 1.165) is 31.5 Å². The quantitative estimate of drug-likeness (QED) is 0.877. The molecule has 2 aromatic rings. The number of benzene rings is 1. The van der Waals surface area contributed by atoms with E-state index in [2.05, 4.69) is 15.7 Å². The first-order valence-corrected chi connectivity index (χ1v) is 8.76. The van der Waals surface area contributed by atoms with Crippen LogP contribution in [0, 0.1) is 5.82 Å². The predicted molar refractivity (Wildman–Crippen MR) is 95.1 cm³/mol. The van der Waals surface area contributed by atoms with Crippen molar-refractivity contribution in [1.82, 2.24) is 20.4 Å². The SMILES string of the molecule is CC(C)(CNC(=O)c1ccn(C2CCCNC2)n1)c1ccc(F)cc1. The highest BCUT2D eigenvalue weighted by molar-refractivity contribution is 5.92. The number of carbonyl (C=O) groups is 1. The summed E-state index contributed by atoms with van der Waals surface area (Å²) in [5.74, 6) is -0.441. The van der Waals surface area contributed by atoms with E-state index in [0.29, 0.717) is 18.3 Å². The minimum Gasteiger partial charge on any atom is -0.350 e. The number of nitrogens with zero attached hydrogens (tertiary/aromatic N) is 2. The van der Waals surface area contributed by atoms with E-state index >= 15 is 0 Å². The summed E-state index contributed by atoms with van der Waals surface area (Å²) in [5.41, 5.74) is 1.12. The third-order valence-corrected chi connectivity index (χ3v) is 4.80. The summed E-state index contributed by atoms with van der Waals surface area (Å²) in [6, 6.07) is 8.47. The number of rotatable bonds is 5. The van der Waals surface area contributed by atoms with Crippen molar-refractivity contribution in [2.24, 2.45) is 0 Å². The average molecular weight is 344 g/mol. The first-order valence-electron chi connectivity index (χ1n) is 8.76. The summed E-state index contributed by atoms with van der Waals surface area (Å²) >= 11 is 0. The molecule has 0 radical (unpaired) electrons. The molecular formula is C19H25FN4O. The van der Waals surface area contributed by atoms with Gasteiger partial charge in [-0.3, -0.25) is 9.48 Å². The summed E-state index contributed by atoms with van der Waals surface area (Å²) < 4.78 is 15.0. The lowest BCUT2D eigenvalue weighted by Crippen LogP contribution is -2.37. The van der Waals surface area contributed by atoms with Gasteiger partial charge in [0, 0.05) is 24.7 Å². The normalized spacial score (nSPS) is 18.1. The van der Waals surface area contributed by atoms with Gasteiger partial charge in [0.2, 0.25) is 0 Å². The van der Waals surface area contributed by atoms with Crippen LogP contribution in [0.5, 0.6) is 0 Å². The Hall–Kier alpha value is -2.21. The van der Waals surface area contributed by atoms with Crippen molar-refractivity contribution in [1.29, 1.82) is 0 Å². The van der Waals surface area contributed by atoms with E-state index in [1.54, 1.807) is 18.2 Å². The molecule has 1 unspecified atom stereocenters. The van der Waals surface area contributed by atoms with Crippen molar-refractivity contribution in [2.75, 3.05) is 19.6 Å². The van der Waals surface area contributed by atoms with E-state index in [1.807, 2.05) is 24.7 Å². The van der Waals surface area contributed by atoms with Crippen LogP contribution in [0.4, 0.5) is 4.39 Å². The first kappa shape index (κ1) is 17.6. The van der Waals surface area contributed by atoms with Crippen molar-refractivity contribution >= 4 is 5.91 Å². The second-order valence-electron chi connectivity index (χ2n) is 7.25. The average Bonchev–Trinajstić information content (AvgIpc) is 3.11. The molecule has 1 aliphatic heterocycles. The van der Waals surface area contributed by atoms with Gasteiger partial charge < -0.3 is 10.6 Å². The zero-order valence-corrected chi connectivity index (χ0v) is 14.8. The van der Waals surface area contributed by atoms with Crippen LogP contribution >= 0.6 is 0 Å². The van der Waals surface area contributed by atoms with Crippen molar-refractivity contribution < 1.29 is 9.18 Å². The highest BCUT2D eigenvalue weighted by atomic mass is 19.1. The van der Waals surface area contributed by atoms with Crippen LogP contribution in [-0.2, 0) is 5.41 Å². The number of aromatic nitrogens is 2.